The molecule has 0 unspecified atom stereocenters. The number of aromatic hydroxyl groups is 1. The number of hydrogen-bond donors (Lipinski definition) is 1. The van der Waals surface area contributed by atoms with Crippen molar-refractivity contribution in [2.45, 2.75) is 26.2 Å². The zero-order valence-electron chi connectivity index (χ0n) is 12.3. The number of hydrogen-bond acceptors (Lipinski definition) is 2. The van der Waals surface area contributed by atoms with Gasteiger partial charge in [0.2, 0.25) is 0 Å². The molecule has 0 aliphatic rings. The first-order valence-corrected chi connectivity index (χ1v) is 7.29. The third-order valence-electron chi connectivity index (χ3n) is 3.38. The molecule has 0 fully saturated rings. The molecule has 1 N–H and O–H groups in total. The second-order valence-corrected chi connectivity index (χ2v) is 5.09. The molecule has 2 aromatic carbocycles. The van der Waals surface area contributed by atoms with Crippen molar-refractivity contribution in [3.05, 3.63) is 71.3 Å². The van der Waals surface area contributed by atoms with Gasteiger partial charge < -0.3 is 5.11 Å². The fourth-order valence-electron chi connectivity index (χ4n) is 2.07. The molecular weight excluding hydrogens is 260 g/mol. The number of aryl methyl sites for hydroxylation is 1. The Morgan fingerprint density at radius 2 is 1.71 bits per heavy atom. The van der Waals surface area contributed by atoms with Crippen LogP contribution in [0.1, 0.15) is 41.3 Å². The summed E-state index contributed by atoms with van der Waals surface area (Å²) >= 11 is 0. The van der Waals surface area contributed by atoms with E-state index in [9.17, 15) is 9.90 Å². The summed E-state index contributed by atoms with van der Waals surface area (Å²) in [5.74, 6) is 0.100. The average Bonchev–Trinajstić information content (AvgIpc) is 2.52. The molecule has 108 valence electrons. The first kappa shape index (κ1) is 15.0. The summed E-state index contributed by atoms with van der Waals surface area (Å²) in [5, 5.41) is 9.20. The van der Waals surface area contributed by atoms with Crippen molar-refractivity contribution < 1.29 is 9.90 Å². The standard InChI is InChI=1S/C19H20O2/c1-2-3-4-15-5-7-16(8-6-15)9-14-19(21)17-10-12-18(20)13-11-17/h5-14,20H,2-4H2,1H3/b14-9+. The van der Waals surface area contributed by atoms with E-state index in [1.165, 1.54) is 30.5 Å². The van der Waals surface area contributed by atoms with Gasteiger partial charge in [0.25, 0.3) is 0 Å². The molecule has 0 atom stereocenters. The van der Waals surface area contributed by atoms with Crippen LogP contribution >= 0.6 is 0 Å². The van der Waals surface area contributed by atoms with Crippen LogP contribution in [-0.2, 0) is 6.42 Å². The smallest absolute Gasteiger partial charge is 0.185 e. The van der Waals surface area contributed by atoms with E-state index in [1.807, 2.05) is 18.2 Å². The molecule has 0 bridgehead atoms. The number of carbonyl (C=O) groups excluding carboxylic acids is 1. The highest BCUT2D eigenvalue weighted by molar-refractivity contribution is 6.06. The number of ketones is 1. The van der Waals surface area contributed by atoms with Gasteiger partial charge in [0.05, 0.1) is 0 Å². The van der Waals surface area contributed by atoms with Crippen molar-refractivity contribution in [3.8, 4) is 5.75 Å². The zero-order valence-corrected chi connectivity index (χ0v) is 12.3. The number of phenols is 1. The topological polar surface area (TPSA) is 37.3 Å². The molecule has 2 rings (SSSR count). The van der Waals surface area contributed by atoms with Crippen molar-refractivity contribution in [2.24, 2.45) is 0 Å². The maximum Gasteiger partial charge on any atom is 0.185 e. The molecule has 0 radical (unpaired) electrons. The lowest BCUT2D eigenvalue weighted by atomic mass is 10.1. The largest absolute Gasteiger partial charge is 0.508 e. The number of carbonyl (C=O) groups is 1. The summed E-state index contributed by atoms with van der Waals surface area (Å²) in [6.45, 7) is 2.19. The predicted molar refractivity (Wildman–Crippen MR) is 86.5 cm³/mol. The Balaban J connectivity index is 2.00. The van der Waals surface area contributed by atoms with Crippen LogP contribution in [0.15, 0.2) is 54.6 Å². The molecule has 2 aromatic rings. The second kappa shape index (κ2) is 7.44. The minimum Gasteiger partial charge on any atom is -0.508 e. The summed E-state index contributed by atoms with van der Waals surface area (Å²) in [6.07, 6.45) is 6.89. The molecule has 0 saturated carbocycles. The third-order valence-corrected chi connectivity index (χ3v) is 3.38. The van der Waals surface area contributed by atoms with E-state index in [4.69, 9.17) is 0 Å². The summed E-state index contributed by atoms with van der Waals surface area (Å²) in [7, 11) is 0. The molecule has 2 nitrogen and oxygen atoms in total. The normalized spacial score (nSPS) is 10.9. The third kappa shape index (κ3) is 4.60. The molecule has 0 aliphatic carbocycles. The van der Waals surface area contributed by atoms with E-state index in [0.29, 0.717) is 5.56 Å². The molecule has 0 aliphatic heterocycles. The van der Waals surface area contributed by atoms with Crippen LogP contribution in [0.2, 0.25) is 0 Å². The van der Waals surface area contributed by atoms with Gasteiger partial charge in [-0.05, 0) is 54.3 Å². The van der Waals surface area contributed by atoms with E-state index in [2.05, 4.69) is 19.1 Å². The van der Waals surface area contributed by atoms with Crippen molar-refractivity contribution in [1.29, 1.82) is 0 Å². The van der Waals surface area contributed by atoms with Crippen molar-refractivity contribution in [3.63, 3.8) is 0 Å². The van der Waals surface area contributed by atoms with Gasteiger partial charge >= 0.3 is 0 Å². The summed E-state index contributed by atoms with van der Waals surface area (Å²) in [6, 6.07) is 14.6. The summed E-state index contributed by atoms with van der Waals surface area (Å²) in [4.78, 5) is 12.0. The van der Waals surface area contributed by atoms with E-state index in [1.54, 1.807) is 18.2 Å². The van der Waals surface area contributed by atoms with Gasteiger partial charge in [-0.1, -0.05) is 43.7 Å². The fraction of sp³-hybridized carbons (Fsp3) is 0.211. The number of allylic oxidation sites excluding steroid dienone is 1. The molecule has 21 heavy (non-hydrogen) atoms. The van der Waals surface area contributed by atoms with Crippen molar-refractivity contribution in [1.82, 2.24) is 0 Å². The summed E-state index contributed by atoms with van der Waals surface area (Å²) < 4.78 is 0. The van der Waals surface area contributed by atoms with Gasteiger partial charge in [0, 0.05) is 5.56 Å². The highest BCUT2D eigenvalue weighted by Gasteiger charge is 2.01. The Bertz CT molecular complexity index is 607. The lowest BCUT2D eigenvalue weighted by molar-refractivity contribution is 0.104. The number of unbranched alkanes of at least 4 members (excludes halogenated alkanes) is 1. The Morgan fingerprint density at radius 1 is 1.05 bits per heavy atom. The quantitative estimate of drug-likeness (QED) is 0.618. The van der Waals surface area contributed by atoms with E-state index in [-0.39, 0.29) is 11.5 Å². The monoisotopic (exact) mass is 280 g/mol. The van der Waals surface area contributed by atoms with Crippen LogP contribution in [-0.4, -0.2) is 10.9 Å². The minimum atomic E-state index is -0.0648. The maximum absolute atomic E-state index is 12.0. The molecule has 0 spiro atoms. The van der Waals surface area contributed by atoms with Gasteiger partial charge in [-0.25, -0.2) is 0 Å². The Labute approximate surface area is 125 Å². The van der Waals surface area contributed by atoms with Crippen LogP contribution in [0.5, 0.6) is 5.75 Å². The zero-order chi connectivity index (χ0) is 15.1. The number of rotatable bonds is 6. The van der Waals surface area contributed by atoms with Gasteiger partial charge in [0.15, 0.2) is 5.78 Å². The molecule has 0 aromatic heterocycles. The molecule has 2 heteroatoms. The molecule has 0 saturated heterocycles. The number of benzene rings is 2. The van der Waals surface area contributed by atoms with Crippen molar-refractivity contribution >= 4 is 11.9 Å². The van der Waals surface area contributed by atoms with Gasteiger partial charge in [-0.3, -0.25) is 4.79 Å². The lowest BCUT2D eigenvalue weighted by Gasteiger charge is -2.00. The minimum absolute atomic E-state index is 0.0648. The predicted octanol–water partition coefficient (Wildman–Crippen LogP) is 4.63. The van der Waals surface area contributed by atoms with E-state index in [0.717, 1.165) is 12.0 Å². The van der Waals surface area contributed by atoms with Crippen LogP contribution in [0, 0.1) is 0 Å². The first-order chi connectivity index (χ1) is 10.2. The number of phenolic OH excluding ortho intramolecular Hbond substituents is 1. The average molecular weight is 280 g/mol. The van der Waals surface area contributed by atoms with Gasteiger partial charge in [-0.2, -0.15) is 0 Å². The van der Waals surface area contributed by atoms with Crippen LogP contribution < -0.4 is 0 Å². The summed E-state index contributed by atoms with van der Waals surface area (Å²) in [5.41, 5.74) is 2.92. The van der Waals surface area contributed by atoms with Gasteiger partial charge in [-0.15, -0.1) is 0 Å². The first-order valence-electron chi connectivity index (χ1n) is 7.29. The van der Waals surface area contributed by atoms with Crippen LogP contribution in [0.3, 0.4) is 0 Å². The SMILES string of the molecule is CCCCc1ccc(/C=C/C(=O)c2ccc(O)cc2)cc1. The highest BCUT2D eigenvalue weighted by Crippen LogP contribution is 2.12. The molecule has 0 heterocycles. The van der Waals surface area contributed by atoms with E-state index >= 15 is 0 Å². The van der Waals surface area contributed by atoms with Crippen molar-refractivity contribution in [2.75, 3.05) is 0 Å². The maximum atomic E-state index is 12.0. The van der Waals surface area contributed by atoms with Crippen LogP contribution in [0.25, 0.3) is 6.08 Å². The lowest BCUT2D eigenvalue weighted by Crippen LogP contribution is -1.93. The fourth-order valence-corrected chi connectivity index (χ4v) is 2.07. The molecule has 0 amide bonds. The Kier molecular flexibility index (Phi) is 5.33. The molecular formula is C19H20O2. The Hall–Kier alpha value is -2.35. The van der Waals surface area contributed by atoms with Crippen LogP contribution in [0.4, 0.5) is 0 Å². The Morgan fingerprint density at radius 3 is 2.33 bits per heavy atom. The van der Waals surface area contributed by atoms with Gasteiger partial charge in [0.1, 0.15) is 5.75 Å². The highest BCUT2D eigenvalue weighted by atomic mass is 16.3. The second-order valence-electron chi connectivity index (χ2n) is 5.09. The van der Waals surface area contributed by atoms with E-state index < -0.39 is 0 Å².